The third-order valence-electron chi connectivity index (χ3n) is 11.4. The van der Waals surface area contributed by atoms with E-state index in [9.17, 15) is 19.2 Å². The lowest BCUT2D eigenvalue weighted by Crippen LogP contribution is -2.30. The summed E-state index contributed by atoms with van der Waals surface area (Å²) < 4.78 is 20.1. The Morgan fingerprint density at radius 3 is 0.833 bits per heavy atom. The summed E-state index contributed by atoms with van der Waals surface area (Å²) in [6, 6.07) is 0. The van der Waals surface area contributed by atoms with Crippen molar-refractivity contribution in [1.29, 1.82) is 0 Å². The standard InChI is InChI=1S/2C17H24O4/c2*1-20-16(18)14-9-15(17(19)21-2)13-8-4-6-11(13)10-5-3-7-12(10)14/h2*12-15H,3-9H2,1-2H3/t2*12-,13+,14-,15+. The van der Waals surface area contributed by atoms with Crippen molar-refractivity contribution in [3.05, 3.63) is 22.3 Å². The molecule has 4 fully saturated rings. The van der Waals surface area contributed by atoms with Crippen LogP contribution in [0.15, 0.2) is 22.3 Å². The number of fused-ring (bicyclic) bond motifs is 4. The molecule has 0 heterocycles. The second-order valence-corrected chi connectivity index (χ2v) is 13.1. The van der Waals surface area contributed by atoms with Crippen molar-refractivity contribution in [3.8, 4) is 0 Å². The van der Waals surface area contributed by atoms with Crippen LogP contribution in [-0.4, -0.2) is 52.3 Å². The molecule has 4 saturated carbocycles. The second-order valence-electron chi connectivity index (χ2n) is 13.1. The number of esters is 4. The molecule has 0 N–H and O–H groups in total. The Hall–Kier alpha value is -2.64. The lowest BCUT2D eigenvalue weighted by Gasteiger charge is -2.24. The molecule has 0 aliphatic heterocycles. The van der Waals surface area contributed by atoms with Crippen molar-refractivity contribution in [2.24, 2.45) is 47.3 Å². The minimum Gasteiger partial charge on any atom is -0.469 e. The maximum atomic E-state index is 12.2. The molecule has 0 amide bonds. The topological polar surface area (TPSA) is 105 Å². The van der Waals surface area contributed by atoms with Gasteiger partial charge in [0.1, 0.15) is 0 Å². The van der Waals surface area contributed by atoms with Gasteiger partial charge in [0, 0.05) is 0 Å². The third kappa shape index (κ3) is 5.67. The number of carbonyl (C=O) groups is 4. The molecule has 6 rings (SSSR count). The molecule has 0 aromatic rings. The Kier molecular flexibility index (Phi) is 9.78. The van der Waals surface area contributed by atoms with E-state index in [0.29, 0.717) is 36.5 Å². The van der Waals surface area contributed by atoms with E-state index >= 15 is 0 Å². The zero-order valence-electron chi connectivity index (χ0n) is 25.8. The van der Waals surface area contributed by atoms with Crippen LogP contribution in [0.2, 0.25) is 0 Å². The summed E-state index contributed by atoms with van der Waals surface area (Å²) in [7, 11) is 5.79. The van der Waals surface area contributed by atoms with Crippen LogP contribution in [0, 0.1) is 47.3 Å². The molecular formula is C34H48O8. The highest BCUT2D eigenvalue weighted by atomic mass is 16.5. The molecule has 232 valence electrons. The fraction of sp³-hybridized carbons (Fsp3) is 0.765. The Morgan fingerprint density at radius 2 is 0.643 bits per heavy atom. The van der Waals surface area contributed by atoms with Crippen LogP contribution in [0.1, 0.15) is 89.9 Å². The molecule has 0 bridgehead atoms. The van der Waals surface area contributed by atoms with Gasteiger partial charge in [-0.2, -0.15) is 0 Å². The predicted molar refractivity (Wildman–Crippen MR) is 155 cm³/mol. The van der Waals surface area contributed by atoms with Crippen molar-refractivity contribution >= 4 is 23.9 Å². The molecule has 8 heteroatoms. The molecule has 42 heavy (non-hydrogen) atoms. The Labute approximate surface area is 249 Å². The molecule has 0 radical (unpaired) electrons. The van der Waals surface area contributed by atoms with Gasteiger partial charge in [-0.25, -0.2) is 0 Å². The largest absolute Gasteiger partial charge is 0.469 e. The summed E-state index contributed by atoms with van der Waals surface area (Å²) in [5.41, 5.74) is 5.89. The predicted octanol–water partition coefficient (Wildman–Crippen LogP) is 5.73. The highest BCUT2D eigenvalue weighted by Gasteiger charge is 2.48. The summed E-state index contributed by atoms with van der Waals surface area (Å²) in [5, 5.41) is 0. The van der Waals surface area contributed by atoms with E-state index in [0.717, 1.165) is 77.0 Å². The highest BCUT2D eigenvalue weighted by Crippen LogP contribution is 2.54. The molecular weight excluding hydrogens is 536 g/mol. The fourth-order valence-corrected chi connectivity index (χ4v) is 9.71. The van der Waals surface area contributed by atoms with Gasteiger partial charge in [-0.3, -0.25) is 19.2 Å². The van der Waals surface area contributed by atoms with Crippen molar-refractivity contribution in [3.63, 3.8) is 0 Å². The molecule has 6 aliphatic rings. The van der Waals surface area contributed by atoms with E-state index in [1.54, 1.807) is 0 Å². The molecule has 8 atom stereocenters. The van der Waals surface area contributed by atoms with Gasteiger partial charge >= 0.3 is 23.9 Å². The molecule has 0 unspecified atom stereocenters. The minimum atomic E-state index is -0.172. The number of methoxy groups -OCH3 is 4. The van der Waals surface area contributed by atoms with Crippen LogP contribution in [0.3, 0.4) is 0 Å². The monoisotopic (exact) mass is 584 g/mol. The zero-order valence-corrected chi connectivity index (χ0v) is 25.8. The number of carbonyl (C=O) groups excluding carboxylic acids is 4. The average molecular weight is 585 g/mol. The molecule has 0 spiro atoms. The van der Waals surface area contributed by atoms with Crippen molar-refractivity contribution in [2.45, 2.75) is 89.9 Å². The smallest absolute Gasteiger partial charge is 0.309 e. The van der Waals surface area contributed by atoms with Crippen molar-refractivity contribution < 1.29 is 38.1 Å². The van der Waals surface area contributed by atoms with Crippen LogP contribution in [-0.2, 0) is 38.1 Å². The van der Waals surface area contributed by atoms with Gasteiger partial charge in [0.05, 0.1) is 52.1 Å². The Morgan fingerprint density at radius 1 is 0.429 bits per heavy atom. The first-order valence-corrected chi connectivity index (χ1v) is 16.1. The van der Waals surface area contributed by atoms with Crippen LogP contribution < -0.4 is 0 Å². The number of ether oxygens (including phenoxy) is 4. The lowest BCUT2D eigenvalue weighted by atomic mass is 9.81. The lowest BCUT2D eigenvalue weighted by molar-refractivity contribution is -0.153. The van der Waals surface area contributed by atoms with Gasteiger partial charge in [0.25, 0.3) is 0 Å². The van der Waals surface area contributed by atoms with Crippen LogP contribution in [0.25, 0.3) is 0 Å². The van der Waals surface area contributed by atoms with E-state index in [1.807, 2.05) is 0 Å². The number of rotatable bonds is 4. The van der Waals surface area contributed by atoms with E-state index in [-0.39, 0.29) is 47.5 Å². The number of hydrogen-bond acceptors (Lipinski definition) is 8. The summed E-state index contributed by atoms with van der Waals surface area (Å²) in [6.45, 7) is 0. The van der Waals surface area contributed by atoms with Crippen molar-refractivity contribution in [2.75, 3.05) is 28.4 Å². The molecule has 0 saturated heterocycles. The van der Waals surface area contributed by atoms with Crippen LogP contribution >= 0.6 is 0 Å². The van der Waals surface area contributed by atoms with Crippen molar-refractivity contribution in [1.82, 2.24) is 0 Å². The molecule has 0 aromatic heterocycles. The first-order valence-electron chi connectivity index (χ1n) is 16.1. The fourth-order valence-electron chi connectivity index (χ4n) is 9.71. The normalized spacial score (nSPS) is 35.0. The van der Waals surface area contributed by atoms with Gasteiger partial charge in [0.15, 0.2) is 0 Å². The second kappa shape index (κ2) is 13.3. The summed E-state index contributed by atoms with van der Waals surface area (Å²) in [6.07, 6.45) is 14.4. The third-order valence-corrected chi connectivity index (χ3v) is 11.4. The van der Waals surface area contributed by atoms with E-state index in [4.69, 9.17) is 18.9 Å². The summed E-state index contributed by atoms with van der Waals surface area (Å²) in [5.74, 6) is -0.143. The summed E-state index contributed by atoms with van der Waals surface area (Å²) in [4.78, 5) is 49.0. The average Bonchev–Trinajstić information content (AvgIpc) is 3.83. The van der Waals surface area contributed by atoms with Gasteiger partial charge < -0.3 is 18.9 Å². The van der Waals surface area contributed by atoms with Gasteiger partial charge in [-0.05, 0) is 114 Å². The van der Waals surface area contributed by atoms with E-state index in [2.05, 4.69) is 0 Å². The number of hydrogen-bond donors (Lipinski definition) is 0. The zero-order chi connectivity index (χ0) is 30.0. The summed E-state index contributed by atoms with van der Waals surface area (Å²) >= 11 is 0. The van der Waals surface area contributed by atoms with Gasteiger partial charge in [-0.1, -0.05) is 22.3 Å². The molecule has 6 aliphatic carbocycles. The molecule has 8 nitrogen and oxygen atoms in total. The van der Waals surface area contributed by atoms with Gasteiger partial charge in [-0.15, -0.1) is 0 Å². The van der Waals surface area contributed by atoms with E-state index in [1.165, 1.54) is 50.7 Å². The molecule has 0 aromatic carbocycles. The maximum Gasteiger partial charge on any atom is 0.309 e. The first-order chi connectivity index (χ1) is 20.3. The first kappa shape index (κ1) is 30.8. The van der Waals surface area contributed by atoms with E-state index < -0.39 is 0 Å². The SMILES string of the molecule is COC(=O)[C@H]1C[C@@H](C(=O)OC)[C@@H]2CCCC2=C2CCC[C@@H]21.COC(=O)[C@H]1C[C@@H](C(=O)OC)[C@@H]2CCCC2=C2CCC[C@@H]21. The quantitative estimate of drug-likeness (QED) is 0.234. The van der Waals surface area contributed by atoms with Crippen LogP contribution in [0.5, 0.6) is 0 Å². The Bertz CT molecular complexity index is 962. The minimum absolute atomic E-state index is 0.158. The Balaban J connectivity index is 0.000000168. The number of allylic oxidation sites excluding steroid dienone is 4. The van der Waals surface area contributed by atoms with Gasteiger partial charge in [0.2, 0.25) is 0 Å². The van der Waals surface area contributed by atoms with Crippen LogP contribution in [0.4, 0.5) is 0 Å². The highest BCUT2D eigenvalue weighted by molar-refractivity contribution is 5.79. The maximum absolute atomic E-state index is 12.2.